The van der Waals surface area contributed by atoms with Gasteiger partial charge in [-0.3, -0.25) is 9.59 Å². The number of carbonyl (C=O) groups is 2. The Morgan fingerprint density at radius 3 is 1.04 bits per heavy atom. The van der Waals surface area contributed by atoms with E-state index in [2.05, 4.69) is 120 Å². The number of likely N-dealkylation sites (N-methyl/N-ethyl adjacent to an activating group) is 5. The van der Waals surface area contributed by atoms with Crippen molar-refractivity contribution in [3.8, 4) is 0 Å². The van der Waals surface area contributed by atoms with Crippen LogP contribution in [0.2, 0.25) is 0 Å². The molecule has 0 atom stereocenters. The lowest BCUT2D eigenvalue weighted by atomic mass is 9.91. The number of ether oxygens (including phenoxy) is 2. The molecule has 11 fully saturated rings. The molecule has 548 valence electrons. The van der Waals surface area contributed by atoms with E-state index in [1.54, 1.807) is 11.2 Å². The number of carbonyl (C=O) groups excluding carboxylic acids is 2. The van der Waals surface area contributed by atoms with E-state index < -0.39 is 19.9 Å². The minimum Gasteiger partial charge on any atom is -0.381 e. The molecule has 0 N–H and O–H groups in total. The zero-order valence-electron chi connectivity index (χ0n) is 62.8. The van der Waals surface area contributed by atoms with E-state index >= 15 is 0 Å². The summed E-state index contributed by atoms with van der Waals surface area (Å²) >= 11 is 2.10. The first-order valence-corrected chi connectivity index (χ1v) is 41.9. The van der Waals surface area contributed by atoms with Crippen molar-refractivity contribution in [2.45, 2.75) is 197 Å². The molecule has 9 heterocycles. The Hall–Kier alpha value is -1.17. The van der Waals surface area contributed by atoms with Crippen LogP contribution >= 0.6 is 11.8 Å². The van der Waals surface area contributed by atoms with Gasteiger partial charge in [0.15, 0.2) is 0 Å². The summed E-state index contributed by atoms with van der Waals surface area (Å²) < 4.78 is 55.4. The molecule has 92 heavy (non-hydrogen) atoms. The Morgan fingerprint density at radius 1 is 0.413 bits per heavy atom. The van der Waals surface area contributed by atoms with Gasteiger partial charge in [0.2, 0.25) is 21.8 Å². The van der Waals surface area contributed by atoms with E-state index in [9.17, 15) is 26.4 Å². The highest BCUT2D eigenvalue weighted by atomic mass is 32.2. The van der Waals surface area contributed by atoms with Crippen molar-refractivity contribution in [1.29, 1.82) is 0 Å². The van der Waals surface area contributed by atoms with Gasteiger partial charge in [0.1, 0.15) is 9.84 Å². The Kier molecular flexibility index (Phi) is 51.9. The molecule has 2 saturated carbocycles. The molecular weight excluding hydrogens is 1220 g/mol. The number of nitrogens with zero attached hydrogens (tertiary/aromatic N) is 9. The van der Waals surface area contributed by atoms with Crippen molar-refractivity contribution in [3.05, 3.63) is 0 Å². The normalized spacial score (nSPS) is 24.2. The Balaban J connectivity index is 0.000000509. The molecule has 2 aliphatic carbocycles. The van der Waals surface area contributed by atoms with Gasteiger partial charge in [-0.1, -0.05) is 113 Å². The van der Waals surface area contributed by atoms with Gasteiger partial charge in [0, 0.05) is 112 Å². The molecule has 11 aliphatic rings. The monoisotopic (exact) mass is 1360 g/mol. The first-order chi connectivity index (χ1) is 43.5. The number of hydrogen-bond acceptors (Lipinski definition) is 15. The third kappa shape index (κ3) is 51.1. The van der Waals surface area contributed by atoms with E-state index in [4.69, 9.17) is 9.47 Å². The standard InChI is InChI=1S/C10H20N2O.C7H14N2O.C7H15NO2S.C7H14.C6H14N2.C6H13N.C6H12O2S.C6H12O.C6H12S.C6H12.C5H11NO/c1-9-4-6-12(7-5-9)10(13)8-11(2)3;1-7(10)9-5-3-8(2)4-6-9;1-7-3-5-8(6-4-7)11(2,9)10;1-7-5-3-2-4-6-7;1-7-3-5-8(2)6-4-7;1-7-5-3-2-4-6-7;1-6-2-4-9(7,8)5-3-6;2*1-6-2-4-7-5-3-6;1-6-4-2-3-5-6;1-6-2-4-7-5-3-6/h9H,4-8H2,1-3H3;3-6H2,1-2H3;7H,3-6H2,1-2H3;7H,2-6H2,1H3;3-6H2,1-2H3;2-6H2,1H3;6H,2-5H2,1H3;2*6H,2-5H2,1H3;6H,2-5H2,1H3;2-5H2,1H3. The number of sulfonamides is 1. The third-order valence-electron chi connectivity index (χ3n) is 19.7. The number of thioether (sulfide) groups is 1. The molecule has 9 aliphatic heterocycles. The predicted octanol–water partition coefficient (Wildman–Crippen LogP) is 11.4. The number of morpholine rings is 1. The molecule has 0 spiro atoms. The summed E-state index contributed by atoms with van der Waals surface area (Å²) in [6.45, 7) is 38.7. The van der Waals surface area contributed by atoms with Crippen LogP contribution in [0.5, 0.6) is 0 Å². The molecule has 11 rings (SSSR count). The van der Waals surface area contributed by atoms with Crippen molar-refractivity contribution in [2.24, 2.45) is 41.4 Å². The van der Waals surface area contributed by atoms with Crippen LogP contribution in [-0.2, 0) is 38.9 Å². The van der Waals surface area contributed by atoms with Gasteiger partial charge in [-0.15, -0.1) is 0 Å². The lowest BCUT2D eigenvalue weighted by molar-refractivity contribution is -0.133. The van der Waals surface area contributed by atoms with Gasteiger partial charge in [-0.25, -0.2) is 21.1 Å². The van der Waals surface area contributed by atoms with E-state index in [-0.39, 0.29) is 11.8 Å². The topological polar surface area (TPSA) is 150 Å². The molecule has 9 saturated heterocycles. The average molecular weight is 1370 g/mol. The van der Waals surface area contributed by atoms with E-state index in [0.29, 0.717) is 43.0 Å². The van der Waals surface area contributed by atoms with Gasteiger partial charge in [-0.2, -0.15) is 11.8 Å². The van der Waals surface area contributed by atoms with Gasteiger partial charge in [0.25, 0.3) is 0 Å². The van der Waals surface area contributed by atoms with Crippen LogP contribution in [0.4, 0.5) is 0 Å². The van der Waals surface area contributed by atoms with Crippen LogP contribution in [0.1, 0.15) is 197 Å². The van der Waals surface area contributed by atoms with Crippen molar-refractivity contribution >= 4 is 43.4 Å². The molecule has 2 amide bonds. The summed E-state index contributed by atoms with van der Waals surface area (Å²) in [5.41, 5.74) is 0. The third-order valence-corrected chi connectivity index (χ3v) is 23.8. The minimum atomic E-state index is -2.92. The second kappa shape index (κ2) is 53.8. The molecule has 0 unspecified atom stereocenters. The average Bonchev–Trinajstić information content (AvgIpc) is 2.24. The molecule has 0 bridgehead atoms. The van der Waals surface area contributed by atoms with E-state index in [1.807, 2.05) is 28.8 Å². The second-order valence-corrected chi connectivity index (χ2v) is 35.4. The maximum absolute atomic E-state index is 11.6. The zero-order valence-corrected chi connectivity index (χ0v) is 65.2. The summed E-state index contributed by atoms with van der Waals surface area (Å²) in [5.74, 6) is 10.2. The number of amides is 2. The van der Waals surface area contributed by atoms with Gasteiger partial charge in [0.05, 0.1) is 37.5 Å². The lowest BCUT2D eigenvalue weighted by Gasteiger charge is -2.31. The van der Waals surface area contributed by atoms with Crippen molar-refractivity contribution in [3.63, 3.8) is 0 Å². The highest BCUT2D eigenvalue weighted by molar-refractivity contribution is 7.99. The quantitative estimate of drug-likeness (QED) is 0.263. The van der Waals surface area contributed by atoms with Crippen molar-refractivity contribution < 1.29 is 35.9 Å². The van der Waals surface area contributed by atoms with Crippen LogP contribution < -0.4 is 0 Å². The maximum atomic E-state index is 11.6. The summed E-state index contributed by atoms with van der Waals surface area (Å²) in [6.07, 6.45) is 30.4. The largest absolute Gasteiger partial charge is 0.381 e. The highest BCUT2D eigenvalue weighted by Crippen LogP contribution is 2.24. The molecule has 0 radical (unpaired) electrons. The smallest absolute Gasteiger partial charge is 0.236 e. The van der Waals surface area contributed by atoms with Crippen LogP contribution in [0, 0.1) is 41.4 Å². The fourth-order valence-corrected chi connectivity index (χ4v) is 15.7. The van der Waals surface area contributed by atoms with E-state index in [1.165, 1.54) is 173 Å². The summed E-state index contributed by atoms with van der Waals surface area (Å²) in [4.78, 5) is 39.8. The van der Waals surface area contributed by atoms with Gasteiger partial charge in [-0.05, 0) is 192 Å². The number of hydrogen-bond donors (Lipinski definition) is 0. The molecule has 0 aromatic heterocycles. The SMILES string of the molecule is CC(=O)N1CCN(C)CC1.CC1CCCC1.CC1CCCCC1.CC1CCN(C(=O)CN(C)C)CC1.CC1CCN(S(C)(=O)=O)CC1.CC1CCOCC1.CC1CCS(=O)(=O)CC1.CC1CCSCC1.CN1CCCCC1.CN1CCN(C)CC1.CN1CCOCC1. The molecular formula is C72H149N9O8S3. The maximum Gasteiger partial charge on any atom is 0.236 e. The number of piperidine rings is 3. The Bertz CT molecular complexity index is 1850. The minimum absolute atomic E-state index is 0.202. The summed E-state index contributed by atoms with van der Waals surface area (Å²) in [5, 5.41) is 0. The van der Waals surface area contributed by atoms with Crippen LogP contribution in [0.3, 0.4) is 0 Å². The number of rotatable bonds is 3. The van der Waals surface area contributed by atoms with Gasteiger partial charge >= 0.3 is 0 Å². The van der Waals surface area contributed by atoms with Crippen molar-refractivity contribution in [2.75, 3.05) is 216 Å². The highest BCUT2D eigenvalue weighted by Gasteiger charge is 2.24. The summed E-state index contributed by atoms with van der Waals surface area (Å²) in [7, 11) is 9.07. The first kappa shape index (κ1) is 88.8. The van der Waals surface area contributed by atoms with Crippen LogP contribution in [-0.4, -0.2) is 288 Å². The second-order valence-electron chi connectivity index (χ2n) is 29.9. The fraction of sp³-hybridized carbons (Fsp3) is 0.972. The zero-order chi connectivity index (χ0) is 68.7. The van der Waals surface area contributed by atoms with Crippen LogP contribution in [0.15, 0.2) is 0 Å². The van der Waals surface area contributed by atoms with E-state index in [0.717, 1.165) is 134 Å². The molecule has 17 nitrogen and oxygen atoms in total. The van der Waals surface area contributed by atoms with Crippen LogP contribution in [0.25, 0.3) is 0 Å². The molecule has 0 aromatic rings. The Morgan fingerprint density at radius 2 is 0.750 bits per heavy atom. The van der Waals surface area contributed by atoms with Crippen molar-refractivity contribution in [1.82, 2.24) is 43.5 Å². The number of sulfone groups is 1. The Labute approximate surface area is 574 Å². The predicted molar refractivity (Wildman–Crippen MR) is 395 cm³/mol. The number of piperazine rings is 2. The molecule has 0 aromatic carbocycles. The molecule has 20 heteroatoms. The lowest BCUT2D eigenvalue weighted by Crippen LogP contribution is -2.46. The first-order valence-electron chi connectivity index (χ1n) is 37.0. The number of likely N-dealkylation sites (tertiary alicyclic amines) is 2. The summed E-state index contributed by atoms with van der Waals surface area (Å²) in [6, 6.07) is 0. The van der Waals surface area contributed by atoms with Gasteiger partial charge < -0.3 is 48.7 Å². The fourth-order valence-electron chi connectivity index (χ4n) is 11.8.